The van der Waals surface area contributed by atoms with Gasteiger partial charge in [-0.2, -0.15) is 0 Å². The van der Waals surface area contributed by atoms with Crippen molar-refractivity contribution in [3.63, 3.8) is 0 Å². The number of nitrogens with one attached hydrogen (secondary N) is 2. The van der Waals surface area contributed by atoms with Gasteiger partial charge in [-0.15, -0.1) is 0 Å². The number of benzene rings is 2. The number of hydrogen-bond donors (Lipinski definition) is 2. The Morgan fingerprint density at radius 1 is 0.897 bits per heavy atom. The number of amides is 2. The van der Waals surface area contributed by atoms with E-state index in [0.717, 1.165) is 5.56 Å². The first kappa shape index (κ1) is 22.1. The van der Waals surface area contributed by atoms with Crippen LogP contribution in [0.3, 0.4) is 0 Å². The molecule has 0 aromatic heterocycles. The lowest BCUT2D eigenvalue weighted by Gasteiger charge is -2.22. The minimum Gasteiger partial charge on any atom is -0.496 e. The van der Waals surface area contributed by atoms with Crippen molar-refractivity contribution in [2.45, 2.75) is 26.4 Å². The number of rotatable bonds is 9. The second kappa shape index (κ2) is 10.4. The van der Waals surface area contributed by atoms with Crippen molar-refractivity contribution in [1.29, 1.82) is 0 Å². The number of methoxy groups -OCH3 is 3. The van der Waals surface area contributed by atoms with E-state index in [2.05, 4.69) is 10.6 Å². The summed E-state index contributed by atoms with van der Waals surface area (Å²) in [6.45, 7) is 4.05. The lowest BCUT2D eigenvalue weighted by Crippen LogP contribution is -2.49. The maximum absolute atomic E-state index is 12.7. The number of hydrogen-bond acceptors (Lipinski definition) is 5. The van der Waals surface area contributed by atoms with E-state index < -0.39 is 6.04 Å². The third-order valence-corrected chi connectivity index (χ3v) is 4.50. The highest BCUT2D eigenvalue weighted by Gasteiger charge is 2.25. The van der Waals surface area contributed by atoms with Crippen molar-refractivity contribution in [3.05, 3.63) is 53.6 Å². The molecule has 0 aliphatic rings. The zero-order valence-corrected chi connectivity index (χ0v) is 17.4. The SMILES string of the molecule is COc1ccc(CNC(=O)[C@@H](NC(=O)c2ccccc2OC)C(C)C)cc1OC. The van der Waals surface area contributed by atoms with E-state index in [1.165, 1.54) is 7.11 Å². The largest absolute Gasteiger partial charge is 0.496 e. The standard InChI is InChI=1S/C22H28N2O5/c1-14(2)20(24-21(25)16-8-6-7-9-17(16)27-3)22(26)23-13-15-10-11-18(28-4)19(12-15)29-5/h6-12,14,20H,13H2,1-5H3,(H,23,26)(H,24,25)/t20-/m0/s1. The molecule has 156 valence electrons. The average Bonchev–Trinajstić information content (AvgIpc) is 2.74. The van der Waals surface area contributed by atoms with Gasteiger partial charge in [0, 0.05) is 6.54 Å². The molecular formula is C22H28N2O5. The first-order valence-corrected chi connectivity index (χ1v) is 9.33. The second-order valence-electron chi connectivity index (χ2n) is 6.80. The van der Waals surface area contributed by atoms with Gasteiger partial charge >= 0.3 is 0 Å². The van der Waals surface area contributed by atoms with Crippen molar-refractivity contribution in [3.8, 4) is 17.2 Å². The van der Waals surface area contributed by atoms with Crippen molar-refractivity contribution in [2.75, 3.05) is 21.3 Å². The fraction of sp³-hybridized carbons (Fsp3) is 0.364. The average molecular weight is 400 g/mol. The monoisotopic (exact) mass is 400 g/mol. The van der Waals surface area contributed by atoms with Crippen LogP contribution in [0.1, 0.15) is 29.8 Å². The van der Waals surface area contributed by atoms with E-state index >= 15 is 0 Å². The Hall–Kier alpha value is -3.22. The van der Waals surface area contributed by atoms with Gasteiger partial charge in [-0.05, 0) is 35.7 Å². The van der Waals surface area contributed by atoms with E-state index in [4.69, 9.17) is 14.2 Å². The first-order valence-electron chi connectivity index (χ1n) is 9.33. The molecule has 0 unspecified atom stereocenters. The summed E-state index contributed by atoms with van der Waals surface area (Å²) in [5.41, 5.74) is 1.24. The van der Waals surface area contributed by atoms with Gasteiger partial charge in [-0.25, -0.2) is 0 Å². The van der Waals surface area contributed by atoms with Crippen molar-refractivity contribution in [1.82, 2.24) is 10.6 Å². The molecule has 0 aliphatic heterocycles. The van der Waals surface area contributed by atoms with Crippen LogP contribution in [0.5, 0.6) is 17.2 Å². The summed E-state index contributed by atoms with van der Waals surface area (Å²) >= 11 is 0. The van der Waals surface area contributed by atoms with Crippen molar-refractivity contribution in [2.24, 2.45) is 5.92 Å². The Labute approximate surface area is 171 Å². The quantitative estimate of drug-likeness (QED) is 0.676. The van der Waals surface area contributed by atoms with E-state index in [1.807, 2.05) is 19.9 Å². The van der Waals surface area contributed by atoms with E-state index in [-0.39, 0.29) is 17.7 Å². The van der Waals surface area contributed by atoms with Crippen molar-refractivity contribution < 1.29 is 23.8 Å². The minimum atomic E-state index is -0.687. The lowest BCUT2D eigenvalue weighted by molar-refractivity contribution is -0.124. The van der Waals surface area contributed by atoms with Crippen LogP contribution in [0, 0.1) is 5.92 Å². The molecule has 0 fully saturated rings. The molecular weight excluding hydrogens is 372 g/mol. The maximum Gasteiger partial charge on any atom is 0.255 e. The van der Waals surface area contributed by atoms with Crippen LogP contribution in [0.15, 0.2) is 42.5 Å². The minimum absolute atomic E-state index is 0.0981. The highest BCUT2D eigenvalue weighted by molar-refractivity contribution is 5.99. The van der Waals surface area contributed by atoms with Gasteiger partial charge in [-0.3, -0.25) is 9.59 Å². The molecule has 0 spiro atoms. The Bertz CT molecular complexity index is 851. The molecule has 2 aromatic rings. The predicted molar refractivity (Wildman–Crippen MR) is 110 cm³/mol. The van der Waals surface area contributed by atoms with Gasteiger partial charge in [0.05, 0.1) is 26.9 Å². The number of ether oxygens (including phenoxy) is 3. The zero-order chi connectivity index (χ0) is 21.4. The third-order valence-electron chi connectivity index (χ3n) is 4.50. The Morgan fingerprint density at radius 3 is 2.17 bits per heavy atom. The van der Waals surface area contributed by atoms with Gasteiger partial charge in [0.1, 0.15) is 11.8 Å². The molecule has 0 saturated carbocycles. The lowest BCUT2D eigenvalue weighted by atomic mass is 10.0. The van der Waals surface area contributed by atoms with E-state index in [9.17, 15) is 9.59 Å². The van der Waals surface area contributed by atoms with Gasteiger partial charge in [0.2, 0.25) is 5.91 Å². The Balaban J connectivity index is 2.07. The molecule has 0 aliphatic carbocycles. The molecule has 0 heterocycles. The fourth-order valence-corrected chi connectivity index (χ4v) is 2.88. The van der Waals surface area contributed by atoms with E-state index in [1.54, 1.807) is 50.6 Å². The van der Waals surface area contributed by atoms with Crippen LogP contribution in [0.2, 0.25) is 0 Å². The molecule has 2 N–H and O–H groups in total. The van der Waals surface area contributed by atoms with Crippen LogP contribution in [0.25, 0.3) is 0 Å². The number of carbonyl (C=O) groups excluding carboxylic acids is 2. The maximum atomic E-state index is 12.7. The summed E-state index contributed by atoms with van der Waals surface area (Å²) in [4.78, 5) is 25.4. The molecule has 0 bridgehead atoms. The molecule has 0 radical (unpaired) electrons. The summed E-state index contributed by atoms with van der Waals surface area (Å²) in [7, 11) is 4.63. The summed E-state index contributed by atoms with van der Waals surface area (Å²) in [6.07, 6.45) is 0. The Kier molecular flexibility index (Phi) is 7.88. The first-order chi connectivity index (χ1) is 13.9. The Morgan fingerprint density at radius 2 is 1.55 bits per heavy atom. The molecule has 7 nitrogen and oxygen atoms in total. The van der Waals surface area contributed by atoms with E-state index in [0.29, 0.717) is 29.4 Å². The summed E-state index contributed by atoms with van der Waals surface area (Å²) in [5.74, 6) is 0.939. The number of para-hydroxylation sites is 1. The van der Waals surface area contributed by atoms with Crippen LogP contribution in [-0.4, -0.2) is 39.2 Å². The molecule has 2 aromatic carbocycles. The third kappa shape index (κ3) is 5.63. The molecule has 1 atom stereocenters. The van der Waals surface area contributed by atoms with Gasteiger partial charge in [0.15, 0.2) is 11.5 Å². The normalized spacial score (nSPS) is 11.5. The smallest absolute Gasteiger partial charge is 0.255 e. The molecule has 29 heavy (non-hydrogen) atoms. The van der Waals surface area contributed by atoms with Crippen LogP contribution >= 0.6 is 0 Å². The summed E-state index contributed by atoms with van der Waals surface area (Å²) in [6, 6.07) is 11.6. The van der Waals surface area contributed by atoms with Gasteiger partial charge < -0.3 is 24.8 Å². The van der Waals surface area contributed by atoms with Crippen molar-refractivity contribution >= 4 is 11.8 Å². The summed E-state index contributed by atoms with van der Waals surface area (Å²) < 4.78 is 15.7. The molecule has 7 heteroatoms. The number of carbonyl (C=O) groups is 2. The van der Waals surface area contributed by atoms with Crippen LogP contribution in [0.4, 0.5) is 0 Å². The van der Waals surface area contributed by atoms with Crippen LogP contribution < -0.4 is 24.8 Å². The highest BCUT2D eigenvalue weighted by Crippen LogP contribution is 2.27. The molecule has 2 rings (SSSR count). The zero-order valence-electron chi connectivity index (χ0n) is 17.4. The van der Waals surface area contributed by atoms with Crippen LogP contribution in [-0.2, 0) is 11.3 Å². The van der Waals surface area contributed by atoms with Gasteiger partial charge in [0.25, 0.3) is 5.91 Å². The van der Waals surface area contributed by atoms with Gasteiger partial charge in [-0.1, -0.05) is 32.0 Å². The highest BCUT2D eigenvalue weighted by atomic mass is 16.5. The topological polar surface area (TPSA) is 85.9 Å². The summed E-state index contributed by atoms with van der Waals surface area (Å²) in [5, 5.41) is 5.68. The molecule has 2 amide bonds. The predicted octanol–water partition coefficient (Wildman–Crippen LogP) is 2.78. The fourth-order valence-electron chi connectivity index (χ4n) is 2.88. The molecule has 0 saturated heterocycles. The second-order valence-corrected chi connectivity index (χ2v) is 6.80.